The highest BCUT2D eigenvalue weighted by Gasteiger charge is 2.38. The lowest BCUT2D eigenvalue weighted by atomic mass is 9.94. The smallest absolute Gasteiger partial charge is 0.410 e. The molecule has 1 amide bonds. The van der Waals surface area contributed by atoms with E-state index in [1.807, 2.05) is 0 Å². The van der Waals surface area contributed by atoms with E-state index in [9.17, 15) is 14.7 Å². The number of rotatable bonds is 2. The van der Waals surface area contributed by atoms with Gasteiger partial charge in [0.25, 0.3) is 0 Å². The second-order valence-corrected chi connectivity index (χ2v) is 4.46. The Morgan fingerprint density at radius 1 is 1.31 bits per heavy atom. The van der Waals surface area contributed by atoms with Crippen LogP contribution in [0, 0.1) is 5.92 Å². The Morgan fingerprint density at radius 3 is 2.69 bits per heavy atom. The number of aliphatic carboxylic acids is 1. The van der Waals surface area contributed by atoms with E-state index >= 15 is 0 Å². The monoisotopic (exact) mass is 227 g/mol. The predicted octanol–water partition coefficient (Wildman–Crippen LogP) is 1.47. The van der Waals surface area contributed by atoms with E-state index in [0.717, 1.165) is 25.7 Å². The number of carbonyl (C=O) groups excluding carboxylic acids is 1. The van der Waals surface area contributed by atoms with Crippen LogP contribution in [0.5, 0.6) is 0 Å². The Bertz CT molecular complexity index is 292. The quantitative estimate of drug-likeness (QED) is 0.725. The molecular formula is C11H17NO4. The van der Waals surface area contributed by atoms with Crippen molar-refractivity contribution >= 4 is 12.1 Å². The van der Waals surface area contributed by atoms with Gasteiger partial charge in [0.1, 0.15) is 6.61 Å². The summed E-state index contributed by atoms with van der Waals surface area (Å²) in [6.07, 6.45) is 4.10. The number of hydrogen-bond donors (Lipinski definition) is 1. The predicted molar refractivity (Wildman–Crippen MR) is 56.1 cm³/mol. The maximum atomic E-state index is 11.5. The van der Waals surface area contributed by atoms with E-state index in [0.29, 0.717) is 19.6 Å². The van der Waals surface area contributed by atoms with Gasteiger partial charge >= 0.3 is 12.1 Å². The van der Waals surface area contributed by atoms with Crippen molar-refractivity contribution in [2.24, 2.45) is 5.92 Å². The fourth-order valence-electron chi connectivity index (χ4n) is 2.66. The number of ether oxygens (including phenoxy) is 1. The van der Waals surface area contributed by atoms with Crippen molar-refractivity contribution < 1.29 is 19.4 Å². The third-order valence-electron chi connectivity index (χ3n) is 3.49. The topological polar surface area (TPSA) is 66.8 Å². The Labute approximate surface area is 94.4 Å². The molecule has 0 spiro atoms. The first-order chi connectivity index (χ1) is 7.70. The minimum atomic E-state index is -0.786. The summed E-state index contributed by atoms with van der Waals surface area (Å²) in [4.78, 5) is 24.3. The van der Waals surface area contributed by atoms with Gasteiger partial charge in [0.15, 0.2) is 0 Å². The number of nitrogens with zero attached hydrogens (tertiary/aromatic N) is 1. The van der Waals surface area contributed by atoms with Crippen LogP contribution in [0.4, 0.5) is 4.79 Å². The van der Waals surface area contributed by atoms with Gasteiger partial charge in [-0.15, -0.1) is 0 Å². The molecule has 0 radical (unpaired) electrons. The largest absolute Gasteiger partial charge is 0.481 e. The Morgan fingerprint density at radius 2 is 2.06 bits per heavy atom. The molecule has 0 aromatic heterocycles. The van der Waals surface area contributed by atoms with Crippen LogP contribution in [0.15, 0.2) is 0 Å². The number of carbonyl (C=O) groups is 2. The van der Waals surface area contributed by atoms with Gasteiger partial charge < -0.3 is 14.7 Å². The Hall–Kier alpha value is -1.26. The normalized spacial score (nSPS) is 31.0. The molecular weight excluding hydrogens is 210 g/mol. The first kappa shape index (κ1) is 11.2. The van der Waals surface area contributed by atoms with E-state index in [1.54, 1.807) is 4.90 Å². The summed E-state index contributed by atoms with van der Waals surface area (Å²) in [6, 6.07) is -0.171. The average Bonchev–Trinajstić information content (AvgIpc) is 2.54. The van der Waals surface area contributed by atoms with Crippen molar-refractivity contribution in [3.63, 3.8) is 0 Å². The minimum absolute atomic E-state index is 0.171. The first-order valence-electron chi connectivity index (χ1n) is 5.86. The zero-order chi connectivity index (χ0) is 11.5. The number of carboxylic acids is 1. The molecule has 0 aromatic carbocycles. The van der Waals surface area contributed by atoms with Gasteiger partial charge in [-0.2, -0.15) is 0 Å². The van der Waals surface area contributed by atoms with Crippen molar-refractivity contribution in [2.75, 3.05) is 13.2 Å². The van der Waals surface area contributed by atoms with Crippen LogP contribution in [0.25, 0.3) is 0 Å². The SMILES string of the molecule is O=C(O)C1CCCCCC1N1CCOC1=O. The molecule has 1 N–H and O–H groups in total. The van der Waals surface area contributed by atoms with E-state index in [2.05, 4.69) is 0 Å². The molecule has 1 saturated carbocycles. The highest BCUT2D eigenvalue weighted by atomic mass is 16.6. The molecule has 90 valence electrons. The molecule has 1 aliphatic heterocycles. The van der Waals surface area contributed by atoms with E-state index in [1.165, 1.54) is 0 Å². The number of amides is 1. The zero-order valence-corrected chi connectivity index (χ0v) is 9.22. The molecule has 2 fully saturated rings. The molecule has 2 atom stereocenters. The Balaban J connectivity index is 2.13. The molecule has 0 bridgehead atoms. The van der Waals surface area contributed by atoms with Gasteiger partial charge in [0, 0.05) is 6.04 Å². The Kier molecular flexibility index (Phi) is 3.31. The highest BCUT2D eigenvalue weighted by molar-refractivity contribution is 5.74. The van der Waals surface area contributed by atoms with Crippen molar-refractivity contribution in [1.82, 2.24) is 4.90 Å². The molecule has 2 rings (SSSR count). The van der Waals surface area contributed by atoms with Crippen LogP contribution in [-0.2, 0) is 9.53 Å². The van der Waals surface area contributed by atoms with Crippen LogP contribution >= 0.6 is 0 Å². The maximum Gasteiger partial charge on any atom is 0.410 e. The highest BCUT2D eigenvalue weighted by Crippen LogP contribution is 2.29. The number of hydrogen-bond acceptors (Lipinski definition) is 3. The van der Waals surface area contributed by atoms with Crippen LogP contribution in [0.1, 0.15) is 32.1 Å². The van der Waals surface area contributed by atoms with Crippen molar-refractivity contribution in [3.05, 3.63) is 0 Å². The van der Waals surface area contributed by atoms with Crippen molar-refractivity contribution in [1.29, 1.82) is 0 Å². The van der Waals surface area contributed by atoms with Crippen LogP contribution in [0.2, 0.25) is 0 Å². The van der Waals surface area contributed by atoms with Crippen LogP contribution < -0.4 is 0 Å². The van der Waals surface area contributed by atoms with Crippen LogP contribution in [-0.4, -0.2) is 41.3 Å². The summed E-state index contributed by atoms with van der Waals surface area (Å²) in [5, 5.41) is 9.20. The molecule has 16 heavy (non-hydrogen) atoms. The standard InChI is InChI=1S/C11H17NO4/c13-10(14)8-4-2-1-3-5-9(8)12-6-7-16-11(12)15/h8-9H,1-7H2,(H,13,14). The molecule has 1 heterocycles. The van der Waals surface area contributed by atoms with Gasteiger partial charge in [-0.05, 0) is 12.8 Å². The lowest BCUT2D eigenvalue weighted by Crippen LogP contribution is -2.43. The summed E-state index contributed by atoms with van der Waals surface area (Å²) in [5.41, 5.74) is 0. The molecule has 2 unspecified atom stereocenters. The van der Waals surface area contributed by atoms with Gasteiger partial charge in [-0.3, -0.25) is 4.79 Å². The molecule has 1 aliphatic carbocycles. The lowest BCUT2D eigenvalue weighted by molar-refractivity contribution is -0.144. The second-order valence-electron chi connectivity index (χ2n) is 4.46. The molecule has 1 saturated heterocycles. The molecule has 5 heteroatoms. The summed E-state index contributed by atoms with van der Waals surface area (Å²) in [5.74, 6) is -1.21. The second kappa shape index (κ2) is 4.72. The fourth-order valence-corrected chi connectivity index (χ4v) is 2.66. The maximum absolute atomic E-state index is 11.5. The summed E-state index contributed by atoms with van der Waals surface area (Å²) >= 11 is 0. The molecule has 0 aromatic rings. The van der Waals surface area contributed by atoms with E-state index in [-0.39, 0.29) is 12.1 Å². The number of carboxylic acid groups (broad SMARTS) is 1. The lowest BCUT2D eigenvalue weighted by Gasteiger charge is -2.29. The van der Waals surface area contributed by atoms with Gasteiger partial charge in [-0.1, -0.05) is 19.3 Å². The average molecular weight is 227 g/mol. The zero-order valence-electron chi connectivity index (χ0n) is 9.22. The van der Waals surface area contributed by atoms with Crippen molar-refractivity contribution in [3.8, 4) is 0 Å². The van der Waals surface area contributed by atoms with E-state index < -0.39 is 11.9 Å². The van der Waals surface area contributed by atoms with Gasteiger partial charge in [0.2, 0.25) is 0 Å². The van der Waals surface area contributed by atoms with Gasteiger partial charge in [-0.25, -0.2) is 4.79 Å². The first-order valence-corrected chi connectivity index (χ1v) is 5.86. The number of cyclic esters (lactones) is 1. The molecule has 2 aliphatic rings. The fraction of sp³-hybridized carbons (Fsp3) is 0.818. The summed E-state index contributed by atoms with van der Waals surface area (Å²) < 4.78 is 4.88. The van der Waals surface area contributed by atoms with Crippen molar-refractivity contribution in [2.45, 2.75) is 38.1 Å². The minimum Gasteiger partial charge on any atom is -0.481 e. The van der Waals surface area contributed by atoms with E-state index in [4.69, 9.17) is 4.74 Å². The van der Waals surface area contributed by atoms with Gasteiger partial charge in [0.05, 0.1) is 12.5 Å². The third kappa shape index (κ3) is 2.13. The van der Waals surface area contributed by atoms with Crippen LogP contribution in [0.3, 0.4) is 0 Å². The third-order valence-corrected chi connectivity index (χ3v) is 3.49. The molecule has 5 nitrogen and oxygen atoms in total. The summed E-state index contributed by atoms with van der Waals surface area (Å²) in [7, 11) is 0. The summed E-state index contributed by atoms with van der Waals surface area (Å²) in [6.45, 7) is 0.926.